The Bertz CT molecular complexity index is 541. The Labute approximate surface area is 121 Å². The number of aliphatic hydroxyl groups excluding tert-OH is 1. The molecule has 0 spiro atoms. The number of rotatable bonds is 7. The number of aryl methyl sites for hydroxylation is 1. The van der Waals surface area contributed by atoms with Gasteiger partial charge in [-0.1, -0.05) is 19.1 Å². The molecule has 114 valence electrons. The number of sulfonamides is 1. The molecule has 1 rings (SSSR count). The van der Waals surface area contributed by atoms with Crippen LogP contribution in [-0.4, -0.2) is 45.1 Å². The van der Waals surface area contributed by atoms with Crippen LogP contribution in [-0.2, 0) is 23.1 Å². The average Bonchev–Trinajstić information content (AvgIpc) is 2.36. The summed E-state index contributed by atoms with van der Waals surface area (Å²) in [5.41, 5.74) is 1.36. The Morgan fingerprint density at radius 2 is 2.00 bits per heavy atom. The van der Waals surface area contributed by atoms with Gasteiger partial charge in [0, 0.05) is 12.6 Å². The number of benzene rings is 1. The molecule has 0 aliphatic carbocycles. The number of nitrogens with one attached hydrogen (secondary N) is 1. The van der Waals surface area contributed by atoms with Crippen molar-refractivity contribution in [3.8, 4) is 0 Å². The van der Waals surface area contributed by atoms with Crippen molar-refractivity contribution < 1.29 is 13.5 Å². The van der Waals surface area contributed by atoms with Gasteiger partial charge in [0.25, 0.3) is 0 Å². The summed E-state index contributed by atoms with van der Waals surface area (Å²) < 4.78 is 27.6. The molecule has 0 aromatic heterocycles. The molecule has 6 heteroatoms. The highest BCUT2D eigenvalue weighted by molar-refractivity contribution is 7.89. The van der Waals surface area contributed by atoms with E-state index in [1.54, 1.807) is 18.2 Å². The normalized spacial score (nSPS) is 13.7. The molecule has 1 aromatic carbocycles. The van der Waals surface area contributed by atoms with Crippen LogP contribution in [0.5, 0.6) is 0 Å². The summed E-state index contributed by atoms with van der Waals surface area (Å²) in [6, 6.07) is 4.87. The van der Waals surface area contributed by atoms with E-state index in [4.69, 9.17) is 0 Å². The van der Waals surface area contributed by atoms with Crippen molar-refractivity contribution in [2.75, 3.05) is 20.6 Å². The van der Waals surface area contributed by atoms with Gasteiger partial charge in [-0.25, -0.2) is 13.1 Å². The van der Waals surface area contributed by atoms with Crippen LogP contribution in [0.2, 0.25) is 0 Å². The summed E-state index contributed by atoms with van der Waals surface area (Å²) in [4.78, 5) is 2.19. The van der Waals surface area contributed by atoms with E-state index >= 15 is 0 Å². The predicted molar refractivity (Wildman–Crippen MR) is 80.1 cm³/mol. The monoisotopic (exact) mass is 300 g/mol. The lowest BCUT2D eigenvalue weighted by molar-refractivity contribution is 0.281. The van der Waals surface area contributed by atoms with Crippen LogP contribution < -0.4 is 4.72 Å². The van der Waals surface area contributed by atoms with Crippen LogP contribution in [0, 0.1) is 0 Å². The highest BCUT2D eigenvalue weighted by Gasteiger charge is 2.21. The van der Waals surface area contributed by atoms with E-state index in [1.165, 1.54) is 0 Å². The molecule has 5 nitrogen and oxygen atoms in total. The molecule has 1 aromatic rings. The van der Waals surface area contributed by atoms with Gasteiger partial charge in [0.15, 0.2) is 0 Å². The van der Waals surface area contributed by atoms with Gasteiger partial charge in [-0.05, 0) is 44.6 Å². The summed E-state index contributed by atoms with van der Waals surface area (Å²) in [5, 5.41) is 9.17. The fourth-order valence-corrected chi connectivity index (χ4v) is 3.75. The van der Waals surface area contributed by atoms with Crippen LogP contribution in [0.3, 0.4) is 0 Å². The summed E-state index contributed by atoms with van der Waals surface area (Å²) in [5.74, 6) is 0. The standard InChI is InChI=1S/C14H24N2O3S/c1-5-13-7-6-12(10-17)8-14(13)20(18,19)15-11(2)9-16(3)4/h6-8,11,15,17H,5,9-10H2,1-4H3. The molecule has 0 fully saturated rings. The molecule has 0 amide bonds. The van der Waals surface area contributed by atoms with E-state index in [0.29, 0.717) is 18.5 Å². The second kappa shape index (κ2) is 7.17. The summed E-state index contributed by atoms with van der Waals surface area (Å²) >= 11 is 0. The molecular formula is C14H24N2O3S. The van der Waals surface area contributed by atoms with Gasteiger partial charge in [0.05, 0.1) is 11.5 Å². The SMILES string of the molecule is CCc1ccc(CO)cc1S(=O)(=O)NC(C)CN(C)C. The van der Waals surface area contributed by atoms with E-state index < -0.39 is 10.0 Å². The van der Waals surface area contributed by atoms with Crippen molar-refractivity contribution in [3.05, 3.63) is 29.3 Å². The van der Waals surface area contributed by atoms with Crippen molar-refractivity contribution in [1.29, 1.82) is 0 Å². The Morgan fingerprint density at radius 1 is 1.35 bits per heavy atom. The van der Waals surface area contributed by atoms with Crippen molar-refractivity contribution >= 4 is 10.0 Å². The zero-order valence-electron chi connectivity index (χ0n) is 12.5. The van der Waals surface area contributed by atoms with Crippen LogP contribution in [0.15, 0.2) is 23.1 Å². The van der Waals surface area contributed by atoms with Gasteiger partial charge in [-0.2, -0.15) is 0 Å². The van der Waals surface area contributed by atoms with Crippen molar-refractivity contribution in [2.24, 2.45) is 0 Å². The third-order valence-corrected chi connectivity index (χ3v) is 4.65. The van der Waals surface area contributed by atoms with E-state index in [1.807, 2.05) is 32.8 Å². The van der Waals surface area contributed by atoms with Crippen molar-refractivity contribution in [3.63, 3.8) is 0 Å². The Balaban J connectivity index is 3.07. The topological polar surface area (TPSA) is 69.6 Å². The largest absolute Gasteiger partial charge is 0.392 e. The van der Waals surface area contributed by atoms with E-state index in [0.717, 1.165) is 5.56 Å². The number of hydrogen-bond acceptors (Lipinski definition) is 4. The smallest absolute Gasteiger partial charge is 0.241 e. The molecule has 0 radical (unpaired) electrons. The predicted octanol–water partition coefficient (Wildman–Crippen LogP) is 0.970. The fraction of sp³-hybridized carbons (Fsp3) is 0.571. The molecule has 1 unspecified atom stereocenters. The highest BCUT2D eigenvalue weighted by Crippen LogP contribution is 2.19. The Kier molecular flexibility index (Phi) is 6.13. The second-order valence-corrected chi connectivity index (χ2v) is 6.92. The van der Waals surface area contributed by atoms with Gasteiger partial charge in [-0.15, -0.1) is 0 Å². The average molecular weight is 300 g/mol. The van der Waals surface area contributed by atoms with Crippen molar-refractivity contribution in [2.45, 2.75) is 37.8 Å². The van der Waals surface area contributed by atoms with Gasteiger partial charge in [-0.3, -0.25) is 0 Å². The minimum absolute atomic E-state index is 0.167. The summed E-state index contributed by atoms with van der Waals surface area (Å²) in [6.45, 7) is 4.20. The minimum Gasteiger partial charge on any atom is -0.392 e. The number of likely N-dealkylation sites (N-methyl/N-ethyl adjacent to an activating group) is 1. The molecule has 2 N–H and O–H groups in total. The molecular weight excluding hydrogens is 276 g/mol. The third kappa shape index (κ3) is 4.56. The van der Waals surface area contributed by atoms with Crippen LogP contribution in [0.4, 0.5) is 0 Å². The molecule has 0 saturated heterocycles. The molecule has 0 saturated carbocycles. The number of nitrogens with zero attached hydrogens (tertiary/aromatic N) is 1. The van der Waals surface area contributed by atoms with Crippen LogP contribution >= 0.6 is 0 Å². The third-order valence-electron chi connectivity index (χ3n) is 2.98. The maximum Gasteiger partial charge on any atom is 0.241 e. The zero-order chi connectivity index (χ0) is 15.3. The van der Waals surface area contributed by atoms with Gasteiger partial charge >= 0.3 is 0 Å². The second-order valence-electron chi connectivity index (χ2n) is 5.24. The van der Waals surface area contributed by atoms with Crippen molar-refractivity contribution in [1.82, 2.24) is 9.62 Å². The summed E-state index contributed by atoms with van der Waals surface area (Å²) in [6.07, 6.45) is 0.629. The first-order valence-electron chi connectivity index (χ1n) is 6.69. The number of hydrogen-bond donors (Lipinski definition) is 2. The number of aliphatic hydroxyl groups is 1. The quantitative estimate of drug-likeness (QED) is 0.787. The zero-order valence-corrected chi connectivity index (χ0v) is 13.4. The summed E-state index contributed by atoms with van der Waals surface area (Å²) in [7, 11) is 0.227. The first-order valence-corrected chi connectivity index (χ1v) is 8.18. The highest BCUT2D eigenvalue weighted by atomic mass is 32.2. The molecule has 20 heavy (non-hydrogen) atoms. The lowest BCUT2D eigenvalue weighted by Gasteiger charge is -2.19. The maximum absolute atomic E-state index is 12.5. The molecule has 0 aliphatic heterocycles. The molecule has 0 heterocycles. The minimum atomic E-state index is -3.57. The van der Waals surface area contributed by atoms with Crippen LogP contribution in [0.1, 0.15) is 25.0 Å². The molecule has 1 atom stereocenters. The van der Waals surface area contributed by atoms with E-state index in [-0.39, 0.29) is 17.5 Å². The lowest BCUT2D eigenvalue weighted by Crippen LogP contribution is -2.39. The Morgan fingerprint density at radius 3 is 2.50 bits per heavy atom. The molecule has 0 bridgehead atoms. The first kappa shape index (κ1) is 17.1. The lowest BCUT2D eigenvalue weighted by atomic mass is 10.1. The fourth-order valence-electron chi connectivity index (χ4n) is 2.15. The van der Waals surface area contributed by atoms with E-state index in [2.05, 4.69) is 4.72 Å². The Hall–Kier alpha value is -0.950. The maximum atomic E-state index is 12.5. The molecule has 0 aliphatic rings. The van der Waals surface area contributed by atoms with Gasteiger partial charge < -0.3 is 10.0 Å². The van der Waals surface area contributed by atoms with Gasteiger partial charge in [0.2, 0.25) is 10.0 Å². The van der Waals surface area contributed by atoms with Gasteiger partial charge in [0.1, 0.15) is 0 Å². The van der Waals surface area contributed by atoms with E-state index in [9.17, 15) is 13.5 Å². The first-order chi connectivity index (χ1) is 9.30. The van der Waals surface area contributed by atoms with Crippen LogP contribution in [0.25, 0.3) is 0 Å².